The minimum atomic E-state index is 0.791. The fraction of sp³-hybridized carbons (Fsp3) is 0.400. The molecule has 4 nitrogen and oxygen atoms in total. The smallest absolute Gasteiger partial charge is 0.182 e. The van der Waals surface area contributed by atoms with Crippen LogP contribution >= 0.6 is 11.3 Å². The Labute approximate surface area is 93.0 Å². The van der Waals surface area contributed by atoms with E-state index >= 15 is 0 Å². The molecule has 0 aliphatic heterocycles. The lowest BCUT2D eigenvalue weighted by atomic mass is 10.2. The summed E-state index contributed by atoms with van der Waals surface area (Å²) in [6.07, 6.45) is 1.80. The van der Waals surface area contributed by atoms with E-state index in [9.17, 15) is 0 Å². The summed E-state index contributed by atoms with van der Waals surface area (Å²) in [7, 11) is 1.97. The van der Waals surface area contributed by atoms with E-state index in [0.29, 0.717) is 0 Å². The Morgan fingerprint density at radius 1 is 1.47 bits per heavy atom. The van der Waals surface area contributed by atoms with E-state index in [1.807, 2.05) is 24.0 Å². The van der Waals surface area contributed by atoms with Crippen molar-refractivity contribution in [1.29, 1.82) is 0 Å². The van der Waals surface area contributed by atoms with E-state index in [0.717, 1.165) is 17.4 Å². The second-order valence-corrected chi connectivity index (χ2v) is 4.36. The summed E-state index contributed by atoms with van der Waals surface area (Å²) in [5.41, 5.74) is 3.54. The van der Waals surface area contributed by atoms with Gasteiger partial charge in [0, 0.05) is 36.4 Å². The molecule has 15 heavy (non-hydrogen) atoms. The molecular formula is C10H14N4S. The largest absolute Gasteiger partial charge is 0.357 e. The number of nitrogens with zero attached hydrogens (tertiary/aromatic N) is 3. The maximum atomic E-state index is 4.37. The Bertz CT molecular complexity index is 444. The lowest BCUT2D eigenvalue weighted by Gasteiger charge is -2.03. The predicted molar refractivity (Wildman–Crippen MR) is 62.1 cm³/mol. The first-order valence-electron chi connectivity index (χ1n) is 4.81. The summed E-state index contributed by atoms with van der Waals surface area (Å²) in [6.45, 7) is 4.91. The van der Waals surface area contributed by atoms with Gasteiger partial charge in [-0.05, 0) is 13.8 Å². The molecule has 0 amide bonds. The SMILES string of the molecule is Cc1nn(C)c(C)c1CNc1nccs1. The zero-order valence-corrected chi connectivity index (χ0v) is 9.93. The van der Waals surface area contributed by atoms with Crippen LogP contribution in [0, 0.1) is 13.8 Å². The molecule has 0 saturated heterocycles. The number of thiazole rings is 1. The molecular weight excluding hydrogens is 208 g/mol. The van der Waals surface area contributed by atoms with Gasteiger partial charge >= 0.3 is 0 Å². The molecule has 0 aliphatic carbocycles. The van der Waals surface area contributed by atoms with E-state index in [1.165, 1.54) is 11.3 Å². The summed E-state index contributed by atoms with van der Waals surface area (Å²) >= 11 is 1.61. The Morgan fingerprint density at radius 2 is 2.27 bits per heavy atom. The van der Waals surface area contributed by atoms with Crippen molar-refractivity contribution in [3.05, 3.63) is 28.5 Å². The Kier molecular flexibility index (Phi) is 2.73. The molecule has 2 aromatic heterocycles. The van der Waals surface area contributed by atoms with Crippen molar-refractivity contribution < 1.29 is 0 Å². The van der Waals surface area contributed by atoms with E-state index in [2.05, 4.69) is 22.3 Å². The highest BCUT2D eigenvalue weighted by atomic mass is 32.1. The van der Waals surface area contributed by atoms with Crippen LogP contribution in [0.2, 0.25) is 0 Å². The molecule has 0 fully saturated rings. The summed E-state index contributed by atoms with van der Waals surface area (Å²) in [5.74, 6) is 0. The van der Waals surface area contributed by atoms with Crippen LogP contribution in [-0.2, 0) is 13.6 Å². The van der Waals surface area contributed by atoms with E-state index < -0.39 is 0 Å². The van der Waals surface area contributed by atoms with Crippen LogP contribution in [0.5, 0.6) is 0 Å². The summed E-state index contributed by atoms with van der Waals surface area (Å²) in [4.78, 5) is 4.18. The van der Waals surface area contributed by atoms with Gasteiger partial charge in [-0.25, -0.2) is 4.98 Å². The molecule has 0 spiro atoms. The maximum absolute atomic E-state index is 4.37. The van der Waals surface area contributed by atoms with Crippen molar-refractivity contribution in [2.75, 3.05) is 5.32 Å². The van der Waals surface area contributed by atoms with Crippen LogP contribution < -0.4 is 5.32 Å². The molecule has 0 bridgehead atoms. The molecule has 0 aromatic carbocycles. The number of hydrogen-bond donors (Lipinski definition) is 1. The van der Waals surface area contributed by atoms with Crippen LogP contribution in [0.3, 0.4) is 0 Å². The van der Waals surface area contributed by atoms with Gasteiger partial charge < -0.3 is 5.32 Å². The third kappa shape index (κ3) is 2.02. The molecule has 0 aliphatic rings. The highest BCUT2D eigenvalue weighted by Crippen LogP contribution is 2.16. The van der Waals surface area contributed by atoms with Crippen molar-refractivity contribution in [3.63, 3.8) is 0 Å². The number of hydrogen-bond acceptors (Lipinski definition) is 4. The molecule has 5 heteroatoms. The topological polar surface area (TPSA) is 42.7 Å². The van der Waals surface area contributed by atoms with Gasteiger partial charge in [-0.1, -0.05) is 0 Å². The first kappa shape index (κ1) is 10.2. The van der Waals surface area contributed by atoms with Gasteiger partial charge in [0.2, 0.25) is 0 Å². The first-order valence-corrected chi connectivity index (χ1v) is 5.69. The number of aromatic nitrogens is 3. The monoisotopic (exact) mass is 222 g/mol. The molecule has 2 rings (SSSR count). The maximum Gasteiger partial charge on any atom is 0.182 e. The van der Waals surface area contributed by atoms with Crippen LogP contribution in [0.4, 0.5) is 5.13 Å². The van der Waals surface area contributed by atoms with Gasteiger partial charge in [0.1, 0.15) is 0 Å². The average Bonchev–Trinajstić information content (AvgIpc) is 2.76. The first-order chi connectivity index (χ1) is 7.18. The molecule has 2 heterocycles. The normalized spacial score (nSPS) is 10.6. The fourth-order valence-electron chi connectivity index (χ4n) is 1.55. The lowest BCUT2D eigenvalue weighted by molar-refractivity contribution is 0.730. The second-order valence-electron chi connectivity index (χ2n) is 3.46. The van der Waals surface area contributed by atoms with Crippen LogP contribution in [-0.4, -0.2) is 14.8 Å². The van der Waals surface area contributed by atoms with Crippen molar-refractivity contribution >= 4 is 16.5 Å². The Hall–Kier alpha value is -1.36. The molecule has 0 atom stereocenters. The highest BCUT2D eigenvalue weighted by molar-refractivity contribution is 7.13. The number of aryl methyl sites for hydroxylation is 2. The Balaban J connectivity index is 2.11. The minimum Gasteiger partial charge on any atom is -0.357 e. The molecule has 0 radical (unpaired) electrons. The van der Waals surface area contributed by atoms with Gasteiger partial charge in [-0.2, -0.15) is 5.10 Å². The van der Waals surface area contributed by atoms with Gasteiger partial charge in [-0.15, -0.1) is 11.3 Å². The highest BCUT2D eigenvalue weighted by Gasteiger charge is 2.08. The minimum absolute atomic E-state index is 0.791. The second kappa shape index (κ2) is 4.02. The van der Waals surface area contributed by atoms with Crippen LogP contribution in [0.1, 0.15) is 17.0 Å². The van der Waals surface area contributed by atoms with E-state index in [1.54, 1.807) is 17.5 Å². The lowest BCUT2D eigenvalue weighted by Crippen LogP contribution is -2.01. The van der Waals surface area contributed by atoms with Gasteiger partial charge in [0.25, 0.3) is 0 Å². The predicted octanol–water partition coefficient (Wildman–Crippen LogP) is 2.11. The van der Waals surface area contributed by atoms with E-state index in [4.69, 9.17) is 0 Å². The summed E-state index contributed by atoms with van der Waals surface area (Å²) in [5, 5.41) is 10.6. The third-order valence-electron chi connectivity index (χ3n) is 2.51. The molecule has 0 unspecified atom stereocenters. The van der Waals surface area contributed by atoms with Crippen molar-refractivity contribution in [3.8, 4) is 0 Å². The molecule has 1 N–H and O–H groups in total. The number of anilines is 1. The van der Waals surface area contributed by atoms with Crippen molar-refractivity contribution in [1.82, 2.24) is 14.8 Å². The fourth-order valence-corrected chi connectivity index (χ4v) is 2.08. The average molecular weight is 222 g/mol. The molecule has 0 saturated carbocycles. The van der Waals surface area contributed by atoms with Crippen molar-refractivity contribution in [2.45, 2.75) is 20.4 Å². The van der Waals surface area contributed by atoms with E-state index in [-0.39, 0.29) is 0 Å². The third-order valence-corrected chi connectivity index (χ3v) is 3.24. The Morgan fingerprint density at radius 3 is 2.80 bits per heavy atom. The van der Waals surface area contributed by atoms with Crippen LogP contribution in [0.25, 0.3) is 0 Å². The molecule has 80 valence electrons. The van der Waals surface area contributed by atoms with Gasteiger partial charge in [0.15, 0.2) is 5.13 Å². The van der Waals surface area contributed by atoms with Gasteiger partial charge in [0.05, 0.1) is 5.69 Å². The number of nitrogens with one attached hydrogen (secondary N) is 1. The van der Waals surface area contributed by atoms with Crippen LogP contribution in [0.15, 0.2) is 11.6 Å². The zero-order valence-electron chi connectivity index (χ0n) is 9.11. The zero-order chi connectivity index (χ0) is 10.8. The summed E-state index contributed by atoms with van der Waals surface area (Å²) in [6, 6.07) is 0. The quantitative estimate of drug-likeness (QED) is 0.865. The summed E-state index contributed by atoms with van der Waals surface area (Å²) < 4.78 is 1.91. The van der Waals surface area contributed by atoms with Crippen molar-refractivity contribution in [2.24, 2.45) is 7.05 Å². The molecule has 2 aromatic rings. The van der Waals surface area contributed by atoms with Gasteiger partial charge in [-0.3, -0.25) is 4.68 Å². The standard InChI is InChI=1S/C10H14N4S/c1-7-9(8(2)14(3)13-7)6-12-10-11-4-5-15-10/h4-5H,6H2,1-3H3,(H,11,12). The number of rotatable bonds is 3.